The first kappa shape index (κ1) is 12.3. The zero-order valence-corrected chi connectivity index (χ0v) is 10.1. The van der Waals surface area contributed by atoms with Crippen LogP contribution in [-0.4, -0.2) is 20.2 Å². The maximum Gasteiger partial charge on any atom is 0.138 e. The summed E-state index contributed by atoms with van der Waals surface area (Å²) >= 11 is 0. The van der Waals surface area contributed by atoms with Crippen LogP contribution in [0.5, 0.6) is 5.75 Å². The molecule has 0 amide bonds. The SMILES string of the molecule is Cc1ccc(O)c(CNc2cnccc2CO)n1. The number of aromatic hydroxyl groups is 1. The molecule has 2 heterocycles. The molecule has 0 bridgehead atoms. The van der Waals surface area contributed by atoms with E-state index >= 15 is 0 Å². The molecular formula is C13H15N3O2. The van der Waals surface area contributed by atoms with E-state index in [1.54, 1.807) is 30.6 Å². The number of hydrogen-bond donors (Lipinski definition) is 3. The molecule has 2 aromatic rings. The first-order valence-corrected chi connectivity index (χ1v) is 5.64. The molecule has 0 saturated heterocycles. The summed E-state index contributed by atoms with van der Waals surface area (Å²) in [5.74, 6) is 0.155. The average Bonchev–Trinajstić information content (AvgIpc) is 2.40. The molecule has 0 radical (unpaired) electrons. The summed E-state index contributed by atoms with van der Waals surface area (Å²) in [5.41, 5.74) is 2.92. The second-order valence-corrected chi connectivity index (χ2v) is 3.96. The van der Waals surface area contributed by atoms with Crippen LogP contribution in [0.15, 0.2) is 30.6 Å². The predicted molar refractivity (Wildman–Crippen MR) is 68.1 cm³/mol. The Hall–Kier alpha value is -2.14. The number of aromatic nitrogens is 2. The van der Waals surface area contributed by atoms with Gasteiger partial charge in [0.2, 0.25) is 0 Å². The summed E-state index contributed by atoms with van der Waals surface area (Å²) in [7, 11) is 0. The lowest BCUT2D eigenvalue weighted by molar-refractivity contribution is 0.282. The molecule has 94 valence electrons. The van der Waals surface area contributed by atoms with Gasteiger partial charge in [-0.25, -0.2) is 0 Å². The fraction of sp³-hybridized carbons (Fsp3) is 0.231. The number of anilines is 1. The van der Waals surface area contributed by atoms with Gasteiger partial charge in [-0.2, -0.15) is 0 Å². The number of pyridine rings is 2. The Morgan fingerprint density at radius 2 is 2.11 bits per heavy atom. The number of aryl methyl sites for hydroxylation is 1. The molecular weight excluding hydrogens is 230 g/mol. The van der Waals surface area contributed by atoms with Gasteiger partial charge < -0.3 is 15.5 Å². The van der Waals surface area contributed by atoms with Crippen molar-refractivity contribution in [2.24, 2.45) is 0 Å². The molecule has 0 saturated carbocycles. The third-order valence-corrected chi connectivity index (χ3v) is 2.62. The van der Waals surface area contributed by atoms with E-state index in [2.05, 4.69) is 15.3 Å². The van der Waals surface area contributed by atoms with E-state index in [-0.39, 0.29) is 12.4 Å². The summed E-state index contributed by atoms with van der Waals surface area (Å²) in [4.78, 5) is 8.24. The molecule has 0 atom stereocenters. The largest absolute Gasteiger partial charge is 0.506 e. The molecule has 2 rings (SSSR count). The van der Waals surface area contributed by atoms with Crippen molar-refractivity contribution in [1.82, 2.24) is 9.97 Å². The Labute approximate surface area is 105 Å². The van der Waals surface area contributed by atoms with Gasteiger partial charge in [-0.05, 0) is 25.1 Å². The Morgan fingerprint density at radius 3 is 2.89 bits per heavy atom. The lowest BCUT2D eigenvalue weighted by Gasteiger charge is -2.10. The van der Waals surface area contributed by atoms with Crippen molar-refractivity contribution in [2.75, 3.05) is 5.32 Å². The summed E-state index contributed by atoms with van der Waals surface area (Å²) in [6.45, 7) is 2.19. The number of nitrogens with zero attached hydrogens (tertiary/aromatic N) is 2. The fourth-order valence-electron chi connectivity index (χ4n) is 1.63. The molecule has 0 aromatic carbocycles. The van der Waals surface area contributed by atoms with Gasteiger partial charge in [0.05, 0.1) is 25.0 Å². The van der Waals surface area contributed by atoms with Gasteiger partial charge in [0.15, 0.2) is 0 Å². The van der Waals surface area contributed by atoms with Gasteiger partial charge in [0.25, 0.3) is 0 Å². The van der Waals surface area contributed by atoms with Crippen LogP contribution in [0.1, 0.15) is 17.0 Å². The Kier molecular flexibility index (Phi) is 3.74. The highest BCUT2D eigenvalue weighted by Gasteiger charge is 2.05. The van der Waals surface area contributed by atoms with Crippen LogP contribution in [0, 0.1) is 6.92 Å². The zero-order valence-electron chi connectivity index (χ0n) is 10.1. The van der Waals surface area contributed by atoms with Crippen molar-refractivity contribution in [1.29, 1.82) is 0 Å². The highest BCUT2D eigenvalue weighted by molar-refractivity contribution is 5.49. The fourth-order valence-corrected chi connectivity index (χ4v) is 1.63. The maximum absolute atomic E-state index is 9.67. The molecule has 0 fully saturated rings. The smallest absolute Gasteiger partial charge is 0.138 e. The van der Waals surface area contributed by atoms with Gasteiger partial charge in [0, 0.05) is 17.5 Å². The van der Waals surface area contributed by atoms with Gasteiger partial charge in [0.1, 0.15) is 11.4 Å². The zero-order chi connectivity index (χ0) is 13.0. The second kappa shape index (κ2) is 5.46. The van der Waals surface area contributed by atoms with Gasteiger partial charge >= 0.3 is 0 Å². The summed E-state index contributed by atoms with van der Waals surface area (Å²) in [6, 6.07) is 5.11. The second-order valence-electron chi connectivity index (χ2n) is 3.96. The van der Waals surface area contributed by atoms with E-state index in [1.165, 1.54) is 0 Å². The molecule has 2 aromatic heterocycles. The molecule has 3 N–H and O–H groups in total. The molecule has 0 unspecified atom stereocenters. The Morgan fingerprint density at radius 1 is 1.28 bits per heavy atom. The van der Waals surface area contributed by atoms with Gasteiger partial charge in [-0.1, -0.05) is 0 Å². The number of nitrogens with one attached hydrogen (secondary N) is 1. The van der Waals surface area contributed by atoms with Crippen molar-refractivity contribution in [2.45, 2.75) is 20.1 Å². The number of aliphatic hydroxyl groups excluding tert-OH is 1. The lowest BCUT2D eigenvalue weighted by atomic mass is 10.2. The predicted octanol–water partition coefficient (Wildman–Crippen LogP) is 1.60. The van der Waals surface area contributed by atoms with Crippen LogP contribution in [0.4, 0.5) is 5.69 Å². The van der Waals surface area contributed by atoms with E-state index in [0.29, 0.717) is 12.2 Å². The quantitative estimate of drug-likeness (QED) is 0.762. The summed E-state index contributed by atoms with van der Waals surface area (Å²) in [6.07, 6.45) is 3.26. The van der Waals surface area contributed by atoms with Crippen molar-refractivity contribution >= 4 is 5.69 Å². The topological polar surface area (TPSA) is 78.3 Å². The minimum absolute atomic E-state index is 0.0575. The van der Waals surface area contributed by atoms with Crippen molar-refractivity contribution in [3.8, 4) is 5.75 Å². The van der Waals surface area contributed by atoms with Crippen LogP contribution < -0.4 is 5.32 Å². The van der Waals surface area contributed by atoms with Crippen LogP contribution in [-0.2, 0) is 13.2 Å². The third kappa shape index (κ3) is 2.75. The normalized spacial score (nSPS) is 10.3. The summed E-state index contributed by atoms with van der Waals surface area (Å²) < 4.78 is 0. The van der Waals surface area contributed by atoms with Crippen LogP contribution in [0.2, 0.25) is 0 Å². The highest BCUT2D eigenvalue weighted by atomic mass is 16.3. The molecule has 5 heteroatoms. The van der Waals surface area contributed by atoms with Gasteiger partial charge in [-0.15, -0.1) is 0 Å². The van der Waals surface area contributed by atoms with Gasteiger partial charge in [-0.3, -0.25) is 9.97 Å². The molecule has 0 aliphatic rings. The van der Waals surface area contributed by atoms with E-state index in [0.717, 1.165) is 16.9 Å². The monoisotopic (exact) mass is 245 g/mol. The van der Waals surface area contributed by atoms with Crippen LogP contribution >= 0.6 is 0 Å². The average molecular weight is 245 g/mol. The first-order chi connectivity index (χ1) is 8.70. The molecule has 18 heavy (non-hydrogen) atoms. The standard InChI is InChI=1S/C13H15N3O2/c1-9-2-3-13(18)12(16-9)7-15-11-6-14-5-4-10(11)8-17/h2-6,15,17-18H,7-8H2,1H3. The van der Waals surface area contributed by atoms with Crippen molar-refractivity contribution in [3.63, 3.8) is 0 Å². The molecule has 0 aliphatic carbocycles. The number of aliphatic hydroxyl groups is 1. The Bertz CT molecular complexity index is 544. The summed E-state index contributed by atoms with van der Waals surface area (Å²) in [5, 5.41) is 22.0. The molecule has 0 aliphatic heterocycles. The number of hydrogen-bond acceptors (Lipinski definition) is 5. The Balaban J connectivity index is 2.14. The lowest BCUT2D eigenvalue weighted by Crippen LogP contribution is -2.05. The minimum Gasteiger partial charge on any atom is -0.506 e. The minimum atomic E-state index is -0.0575. The van der Waals surface area contributed by atoms with E-state index in [9.17, 15) is 10.2 Å². The van der Waals surface area contributed by atoms with E-state index < -0.39 is 0 Å². The van der Waals surface area contributed by atoms with Crippen molar-refractivity contribution < 1.29 is 10.2 Å². The third-order valence-electron chi connectivity index (χ3n) is 2.62. The van der Waals surface area contributed by atoms with Crippen LogP contribution in [0.25, 0.3) is 0 Å². The van der Waals surface area contributed by atoms with Crippen molar-refractivity contribution in [3.05, 3.63) is 47.5 Å². The molecule has 0 spiro atoms. The molecule has 5 nitrogen and oxygen atoms in total. The van der Waals surface area contributed by atoms with E-state index in [1.807, 2.05) is 6.92 Å². The first-order valence-electron chi connectivity index (χ1n) is 5.64. The van der Waals surface area contributed by atoms with E-state index in [4.69, 9.17) is 0 Å². The number of rotatable bonds is 4. The van der Waals surface area contributed by atoms with Crippen LogP contribution in [0.3, 0.4) is 0 Å². The highest BCUT2D eigenvalue weighted by Crippen LogP contribution is 2.18. The maximum atomic E-state index is 9.67.